The summed E-state index contributed by atoms with van der Waals surface area (Å²) in [6, 6.07) is 14.6. The van der Waals surface area contributed by atoms with Crippen molar-refractivity contribution in [1.82, 2.24) is 0 Å². The van der Waals surface area contributed by atoms with Gasteiger partial charge in [-0.05, 0) is 43.3 Å². The van der Waals surface area contributed by atoms with E-state index in [0.29, 0.717) is 27.4 Å². The maximum atomic E-state index is 13.3. The highest BCUT2D eigenvalue weighted by molar-refractivity contribution is 8.14. The highest BCUT2D eigenvalue weighted by Crippen LogP contribution is 2.33. The number of benzene rings is 2. The highest BCUT2D eigenvalue weighted by atomic mass is 35.5. The molecular formula is C19H17ClN2O3S. The molecule has 0 bridgehead atoms. The summed E-state index contributed by atoms with van der Waals surface area (Å²) in [5.74, 6) is 1.86. The van der Waals surface area contributed by atoms with E-state index >= 15 is 0 Å². The molecule has 0 aliphatic carbocycles. The lowest BCUT2D eigenvalue weighted by molar-refractivity contribution is -0.126. The molecule has 2 aliphatic rings. The van der Waals surface area contributed by atoms with Crippen molar-refractivity contribution in [2.75, 3.05) is 17.3 Å². The van der Waals surface area contributed by atoms with Crippen LogP contribution in [0.1, 0.15) is 6.92 Å². The molecule has 1 amide bonds. The van der Waals surface area contributed by atoms with E-state index in [0.717, 1.165) is 5.75 Å². The monoisotopic (exact) mass is 388 g/mol. The van der Waals surface area contributed by atoms with Gasteiger partial charge in [-0.1, -0.05) is 35.5 Å². The molecule has 2 unspecified atom stereocenters. The summed E-state index contributed by atoms with van der Waals surface area (Å²) in [4.78, 5) is 19.5. The molecule has 0 aromatic heterocycles. The lowest BCUT2D eigenvalue weighted by Crippen LogP contribution is -2.48. The fourth-order valence-electron chi connectivity index (χ4n) is 2.79. The SMILES string of the molecule is CC1CSC(N(C(=O)C2COc3ccccc3O2)c2ccc(Cl)cc2)=N1. The number of aliphatic imine (C=N–C) groups is 1. The Kier molecular flexibility index (Phi) is 4.78. The number of carbonyl (C=O) groups excluding carboxylic acids is 1. The zero-order valence-electron chi connectivity index (χ0n) is 14.1. The summed E-state index contributed by atoms with van der Waals surface area (Å²) in [7, 11) is 0. The van der Waals surface area contributed by atoms with Crippen molar-refractivity contribution >= 4 is 40.1 Å². The van der Waals surface area contributed by atoms with Gasteiger partial charge in [-0.3, -0.25) is 14.7 Å². The maximum absolute atomic E-state index is 13.3. The number of fused-ring (bicyclic) bond motifs is 1. The van der Waals surface area contributed by atoms with E-state index in [-0.39, 0.29) is 18.6 Å². The van der Waals surface area contributed by atoms with Gasteiger partial charge < -0.3 is 9.47 Å². The zero-order valence-corrected chi connectivity index (χ0v) is 15.7. The molecule has 0 fully saturated rings. The van der Waals surface area contributed by atoms with Gasteiger partial charge in [0.2, 0.25) is 6.10 Å². The third kappa shape index (κ3) is 3.39. The first-order valence-corrected chi connectivity index (χ1v) is 9.67. The molecule has 2 aromatic carbocycles. The molecule has 5 nitrogen and oxygen atoms in total. The number of rotatable bonds is 2. The van der Waals surface area contributed by atoms with Crippen molar-refractivity contribution < 1.29 is 14.3 Å². The van der Waals surface area contributed by atoms with E-state index < -0.39 is 6.10 Å². The number of amidine groups is 1. The first-order chi connectivity index (χ1) is 12.6. The van der Waals surface area contributed by atoms with Gasteiger partial charge in [0.15, 0.2) is 16.7 Å². The topological polar surface area (TPSA) is 51.1 Å². The van der Waals surface area contributed by atoms with Crippen LogP contribution in [0.15, 0.2) is 53.5 Å². The van der Waals surface area contributed by atoms with Crippen LogP contribution in [0.3, 0.4) is 0 Å². The molecule has 2 aliphatic heterocycles. The molecule has 0 spiro atoms. The first kappa shape index (κ1) is 17.2. The van der Waals surface area contributed by atoms with Crippen molar-refractivity contribution in [2.45, 2.75) is 19.1 Å². The molecule has 2 aromatic rings. The molecule has 4 rings (SSSR count). The van der Waals surface area contributed by atoms with E-state index in [4.69, 9.17) is 21.1 Å². The second kappa shape index (κ2) is 7.21. The third-order valence-corrected chi connectivity index (χ3v) is 5.51. The number of halogens is 1. The second-order valence-electron chi connectivity index (χ2n) is 6.09. The van der Waals surface area contributed by atoms with Crippen LogP contribution in [-0.4, -0.2) is 35.6 Å². The number of amides is 1. The number of ether oxygens (including phenoxy) is 2. The van der Waals surface area contributed by atoms with Gasteiger partial charge in [0.1, 0.15) is 6.61 Å². The Hall–Kier alpha value is -2.18. The van der Waals surface area contributed by atoms with Gasteiger partial charge >= 0.3 is 0 Å². The minimum Gasteiger partial charge on any atom is -0.485 e. The minimum atomic E-state index is -0.736. The number of hydrogen-bond acceptors (Lipinski definition) is 5. The normalized spacial score (nSPS) is 21.2. The summed E-state index contributed by atoms with van der Waals surface area (Å²) in [5, 5.41) is 1.29. The van der Waals surface area contributed by atoms with Crippen molar-refractivity contribution in [3.63, 3.8) is 0 Å². The lowest BCUT2D eigenvalue weighted by Gasteiger charge is -2.30. The molecule has 26 heavy (non-hydrogen) atoms. The number of thioether (sulfide) groups is 1. The standard InChI is InChI=1S/C19H17ClN2O3S/c1-12-11-26-19(21-12)22(14-8-6-13(20)7-9-14)18(23)17-10-24-15-4-2-3-5-16(15)25-17/h2-9,12,17H,10-11H2,1H3. The molecule has 0 radical (unpaired) electrons. The summed E-state index contributed by atoms with van der Waals surface area (Å²) < 4.78 is 11.6. The summed E-state index contributed by atoms with van der Waals surface area (Å²) in [6.07, 6.45) is -0.736. The van der Waals surface area contributed by atoms with Crippen LogP contribution in [0.5, 0.6) is 11.5 Å². The lowest BCUT2D eigenvalue weighted by atomic mass is 10.2. The van der Waals surface area contributed by atoms with Crippen LogP contribution in [0.4, 0.5) is 5.69 Å². The predicted molar refractivity (Wildman–Crippen MR) is 105 cm³/mol. The van der Waals surface area contributed by atoms with Crippen LogP contribution >= 0.6 is 23.4 Å². The van der Waals surface area contributed by atoms with Gasteiger partial charge in [0.05, 0.1) is 11.7 Å². The predicted octanol–water partition coefficient (Wildman–Crippen LogP) is 4.00. The molecular weight excluding hydrogens is 372 g/mol. The van der Waals surface area contributed by atoms with Gasteiger partial charge in [-0.15, -0.1) is 0 Å². The smallest absolute Gasteiger partial charge is 0.277 e. The number of anilines is 1. The fraction of sp³-hybridized carbons (Fsp3) is 0.263. The molecule has 2 atom stereocenters. The van der Waals surface area contributed by atoms with Crippen LogP contribution in [0.25, 0.3) is 0 Å². The third-order valence-electron chi connectivity index (χ3n) is 4.06. The Morgan fingerprint density at radius 2 is 1.92 bits per heavy atom. The quantitative estimate of drug-likeness (QED) is 0.780. The van der Waals surface area contributed by atoms with E-state index in [1.165, 1.54) is 0 Å². The van der Waals surface area contributed by atoms with Crippen LogP contribution in [0.2, 0.25) is 5.02 Å². The molecule has 0 N–H and O–H groups in total. The van der Waals surface area contributed by atoms with Crippen molar-refractivity contribution in [3.05, 3.63) is 53.6 Å². The van der Waals surface area contributed by atoms with Crippen molar-refractivity contribution in [1.29, 1.82) is 0 Å². The second-order valence-corrected chi connectivity index (χ2v) is 7.51. The molecule has 0 saturated carbocycles. The largest absolute Gasteiger partial charge is 0.485 e. The Morgan fingerprint density at radius 3 is 2.62 bits per heavy atom. The molecule has 134 valence electrons. The number of carbonyl (C=O) groups is 1. The van der Waals surface area contributed by atoms with E-state index in [1.54, 1.807) is 34.9 Å². The average molecular weight is 389 g/mol. The Labute approximate surface area is 161 Å². The summed E-state index contributed by atoms with van der Waals surface area (Å²) >= 11 is 7.56. The van der Waals surface area contributed by atoms with Crippen molar-refractivity contribution in [2.24, 2.45) is 4.99 Å². The van der Waals surface area contributed by atoms with Crippen LogP contribution in [-0.2, 0) is 4.79 Å². The Bertz CT molecular complexity index is 856. The highest BCUT2D eigenvalue weighted by Gasteiger charge is 2.35. The van der Waals surface area contributed by atoms with Gasteiger partial charge in [-0.25, -0.2) is 0 Å². The first-order valence-electron chi connectivity index (χ1n) is 8.30. The average Bonchev–Trinajstić information content (AvgIpc) is 3.09. The number of nitrogens with zero attached hydrogens (tertiary/aromatic N) is 2. The molecule has 0 saturated heterocycles. The number of hydrogen-bond donors (Lipinski definition) is 0. The van der Waals surface area contributed by atoms with Crippen LogP contribution in [0, 0.1) is 0 Å². The van der Waals surface area contributed by atoms with Gasteiger partial charge in [-0.2, -0.15) is 0 Å². The van der Waals surface area contributed by atoms with Crippen molar-refractivity contribution in [3.8, 4) is 11.5 Å². The maximum Gasteiger partial charge on any atom is 0.277 e. The van der Waals surface area contributed by atoms with E-state index in [1.807, 2.05) is 37.3 Å². The van der Waals surface area contributed by atoms with E-state index in [2.05, 4.69) is 4.99 Å². The number of para-hydroxylation sites is 2. The van der Waals surface area contributed by atoms with E-state index in [9.17, 15) is 4.79 Å². The van der Waals surface area contributed by atoms with Gasteiger partial charge in [0.25, 0.3) is 5.91 Å². The minimum absolute atomic E-state index is 0.160. The fourth-order valence-corrected chi connectivity index (χ4v) is 3.96. The van der Waals surface area contributed by atoms with Crippen LogP contribution < -0.4 is 14.4 Å². The van der Waals surface area contributed by atoms with Gasteiger partial charge in [0, 0.05) is 10.8 Å². The molecule has 7 heteroatoms. The Balaban J connectivity index is 1.65. The summed E-state index contributed by atoms with van der Waals surface area (Å²) in [6.45, 7) is 2.19. The summed E-state index contributed by atoms with van der Waals surface area (Å²) in [5.41, 5.74) is 0.710. The zero-order chi connectivity index (χ0) is 18.1. The Morgan fingerprint density at radius 1 is 1.19 bits per heavy atom. The molecule has 2 heterocycles.